The van der Waals surface area contributed by atoms with Crippen molar-refractivity contribution in [2.24, 2.45) is 0 Å². The zero-order valence-corrected chi connectivity index (χ0v) is 12.5. The summed E-state index contributed by atoms with van der Waals surface area (Å²) in [4.78, 5) is 26.8. The first-order valence-corrected chi connectivity index (χ1v) is 7.11. The number of aromatic nitrogens is 1. The summed E-state index contributed by atoms with van der Waals surface area (Å²) >= 11 is 0. The Morgan fingerprint density at radius 1 is 1.12 bits per heavy atom. The average Bonchev–Trinajstić information content (AvgIpc) is 2.60. The van der Waals surface area contributed by atoms with Crippen molar-refractivity contribution in [3.05, 3.63) is 75.8 Å². The van der Waals surface area contributed by atoms with Gasteiger partial charge in [-0.15, -0.1) is 0 Å². The van der Waals surface area contributed by atoms with Crippen LogP contribution in [0.4, 0.5) is 11.5 Å². The van der Waals surface area contributed by atoms with Crippen molar-refractivity contribution in [3.8, 4) is 0 Å². The van der Waals surface area contributed by atoms with Crippen molar-refractivity contribution in [1.82, 2.24) is 4.98 Å². The van der Waals surface area contributed by atoms with E-state index in [0.29, 0.717) is 10.9 Å². The third-order valence-corrected chi connectivity index (χ3v) is 3.50. The number of nitrogens with two attached hydrogens (primary N) is 1. The molecule has 0 saturated carbocycles. The third kappa shape index (κ3) is 2.87. The van der Waals surface area contributed by atoms with Gasteiger partial charge in [-0.3, -0.25) is 0 Å². The molecule has 0 fully saturated rings. The van der Waals surface area contributed by atoms with Gasteiger partial charge in [0, 0.05) is 5.39 Å². The molecule has 120 valence electrons. The van der Waals surface area contributed by atoms with Gasteiger partial charge in [-0.25, -0.2) is 4.79 Å². The van der Waals surface area contributed by atoms with E-state index in [2.05, 4.69) is 4.98 Å². The number of hydrogen-bond acceptors (Lipinski definition) is 6. The second kappa shape index (κ2) is 6.33. The number of esters is 1. The molecule has 2 N–H and O–H groups in total. The normalized spacial score (nSPS) is 10.5. The molecule has 0 radical (unpaired) electrons. The molecule has 7 nitrogen and oxygen atoms in total. The molecule has 2 aromatic carbocycles. The number of benzene rings is 2. The van der Waals surface area contributed by atoms with Crippen LogP contribution in [0.15, 0.2) is 54.6 Å². The number of rotatable bonds is 4. The van der Waals surface area contributed by atoms with Gasteiger partial charge in [0.15, 0.2) is 5.52 Å². The fourth-order valence-corrected chi connectivity index (χ4v) is 2.37. The van der Waals surface area contributed by atoms with Gasteiger partial charge in [0.2, 0.25) is 0 Å². The molecule has 1 heterocycles. The molecule has 0 amide bonds. The van der Waals surface area contributed by atoms with Gasteiger partial charge in [0.1, 0.15) is 17.9 Å². The minimum Gasteiger partial charge on any atom is -0.457 e. The second-order valence-electron chi connectivity index (χ2n) is 5.06. The Morgan fingerprint density at radius 2 is 1.79 bits per heavy atom. The zero-order chi connectivity index (χ0) is 17.1. The molecule has 0 aliphatic rings. The number of nitrogen functional groups attached to an aromatic ring is 1. The Labute approximate surface area is 136 Å². The summed E-state index contributed by atoms with van der Waals surface area (Å²) in [5.74, 6) is -1.28. The first-order valence-electron chi connectivity index (χ1n) is 7.11. The Bertz CT molecular complexity index is 926. The number of nitro groups is 1. The van der Waals surface area contributed by atoms with Gasteiger partial charge >= 0.3 is 11.8 Å². The summed E-state index contributed by atoms with van der Waals surface area (Å²) in [6, 6.07) is 15.7. The molecule has 0 unspecified atom stereocenters. The first kappa shape index (κ1) is 15.4. The molecule has 24 heavy (non-hydrogen) atoms. The van der Waals surface area contributed by atoms with Crippen LogP contribution in [0, 0.1) is 10.1 Å². The molecule has 3 rings (SSSR count). The van der Waals surface area contributed by atoms with Crippen molar-refractivity contribution in [1.29, 1.82) is 0 Å². The maximum atomic E-state index is 12.5. The largest absolute Gasteiger partial charge is 0.457 e. The van der Waals surface area contributed by atoms with Gasteiger partial charge in [-0.1, -0.05) is 42.5 Å². The number of carbonyl (C=O) groups is 1. The van der Waals surface area contributed by atoms with E-state index in [1.54, 1.807) is 24.3 Å². The molecular weight excluding hydrogens is 310 g/mol. The standard InChI is InChI=1S/C17H13N3O4/c18-15-14(17(21)24-10-11-6-2-1-3-7-11)12-8-4-5-9-13(12)19-16(15)20(22)23/h1-9H,10,18H2. The van der Waals surface area contributed by atoms with E-state index >= 15 is 0 Å². The fraction of sp³-hybridized carbons (Fsp3) is 0.0588. The molecular formula is C17H13N3O4. The van der Waals surface area contributed by atoms with Crippen LogP contribution in [0.5, 0.6) is 0 Å². The smallest absolute Gasteiger partial charge is 0.388 e. The van der Waals surface area contributed by atoms with E-state index in [4.69, 9.17) is 10.5 Å². The predicted octanol–water partition coefficient (Wildman–Crippen LogP) is 3.08. The lowest BCUT2D eigenvalue weighted by molar-refractivity contribution is -0.388. The van der Waals surface area contributed by atoms with E-state index < -0.39 is 16.7 Å². The number of para-hydroxylation sites is 1. The highest BCUT2D eigenvalue weighted by molar-refractivity contribution is 6.09. The van der Waals surface area contributed by atoms with E-state index in [-0.39, 0.29) is 17.9 Å². The fourth-order valence-electron chi connectivity index (χ4n) is 2.37. The Hall–Kier alpha value is -3.48. The summed E-state index contributed by atoms with van der Waals surface area (Å²) in [6.45, 7) is 0.0452. The third-order valence-electron chi connectivity index (χ3n) is 3.50. The van der Waals surface area contributed by atoms with Crippen LogP contribution < -0.4 is 5.73 Å². The Balaban J connectivity index is 2.02. The van der Waals surface area contributed by atoms with E-state index in [1.165, 1.54) is 0 Å². The molecule has 0 saturated heterocycles. The van der Waals surface area contributed by atoms with Crippen molar-refractivity contribution in [2.45, 2.75) is 6.61 Å². The molecule has 0 atom stereocenters. The quantitative estimate of drug-likeness (QED) is 0.449. The first-order chi connectivity index (χ1) is 11.6. The highest BCUT2D eigenvalue weighted by Gasteiger charge is 2.26. The zero-order valence-electron chi connectivity index (χ0n) is 12.5. The number of carbonyl (C=O) groups excluding carboxylic acids is 1. The lowest BCUT2D eigenvalue weighted by Gasteiger charge is -2.09. The van der Waals surface area contributed by atoms with Crippen molar-refractivity contribution < 1.29 is 14.5 Å². The number of fused-ring (bicyclic) bond motifs is 1. The summed E-state index contributed by atoms with van der Waals surface area (Å²) in [5, 5.41) is 11.5. The summed E-state index contributed by atoms with van der Waals surface area (Å²) in [5.41, 5.74) is 6.60. The number of anilines is 1. The van der Waals surface area contributed by atoms with Crippen LogP contribution in [-0.4, -0.2) is 15.9 Å². The van der Waals surface area contributed by atoms with E-state index in [0.717, 1.165) is 5.56 Å². The van der Waals surface area contributed by atoms with E-state index in [1.807, 2.05) is 30.3 Å². The number of pyridine rings is 1. The Morgan fingerprint density at radius 3 is 2.50 bits per heavy atom. The maximum Gasteiger partial charge on any atom is 0.388 e. The molecule has 3 aromatic rings. The minimum atomic E-state index is -0.724. The molecule has 0 bridgehead atoms. The summed E-state index contributed by atoms with van der Waals surface area (Å²) in [6.07, 6.45) is 0. The van der Waals surface area contributed by atoms with Gasteiger partial charge in [-0.2, -0.15) is 0 Å². The van der Waals surface area contributed by atoms with Crippen molar-refractivity contribution in [3.63, 3.8) is 0 Å². The second-order valence-corrected chi connectivity index (χ2v) is 5.06. The van der Waals surface area contributed by atoms with Crippen LogP contribution in [0.25, 0.3) is 10.9 Å². The Kier molecular flexibility index (Phi) is 4.07. The van der Waals surface area contributed by atoms with E-state index in [9.17, 15) is 14.9 Å². The highest BCUT2D eigenvalue weighted by Crippen LogP contribution is 2.30. The van der Waals surface area contributed by atoms with Crippen LogP contribution in [0.3, 0.4) is 0 Å². The number of ether oxygens (including phenoxy) is 1. The highest BCUT2D eigenvalue weighted by atomic mass is 16.6. The molecule has 0 spiro atoms. The molecule has 1 aromatic heterocycles. The topological polar surface area (TPSA) is 108 Å². The van der Waals surface area contributed by atoms with Gasteiger partial charge < -0.3 is 20.6 Å². The maximum absolute atomic E-state index is 12.5. The average molecular weight is 323 g/mol. The lowest BCUT2D eigenvalue weighted by atomic mass is 10.1. The molecule has 0 aliphatic heterocycles. The number of nitrogens with zero attached hydrogens (tertiary/aromatic N) is 2. The number of hydrogen-bond donors (Lipinski definition) is 1. The van der Waals surface area contributed by atoms with Crippen molar-refractivity contribution >= 4 is 28.4 Å². The summed E-state index contributed by atoms with van der Waals surface area (Å²) in [7, 11) is 0. The summed E-state index contributed by atoms with van der Waals surface area (Å²) < 4.78 is 5.27. The van der Waals surface area contributed by atoms with Gasteiger partial charge in [-0.05, 0) is 27.6 Å². The van der Waals surface area contributed by atoms with Crippen LogP contribution in [0.1, 0.15) is 15.9 Å². The van der Waals surface area contributed by atoms with Crippen LogP contribution in [-0.2, 0) is 11.3 Å². The van der Waals surface area contributed by atoms with Gasteiger partial charge in [0.25, 0.3) is 0 Å². The SMILES string of the molecule is Nc1c([N+](=O)[O-])nc2ccccc2c1C(=O)OCc1ccccc1. The van der Waals surface area contributed by atoms with Crippen LogP contribution >= 0.6 is 0 Å². The predicted molar refractivity (Wildman–Crippen MR) is 88.4 cm³/mol. The molecule has 0 aliphatic carbocycles. The van der Waals surface area contributed by atoms with Gasteiger partial charge in [0.05, 0.1) is 0 Å². The lowest BCUT2D eigenvalue weighted by Crippen LogP contribution is -2.12. The molecule has 7 heteroatoms. The minimum absolute atomic E-state index is 0.0387. The van der Waals surface area contributed by atoms with Crippen molar-refractivity contribution in [2.75, 3.05) is 5.73 Å². The van der Waals surface area contributed by atoms with Crippen LogP contribution in [0.2, 0.25) is 0 Å². The monoisotopic (exact) mass is 323 g/mol.